The van der Waals surface area contributed by atoms with E-state index in [1.165, 1.54) is 27.8 Å². The zero-order chi connectivity index (χ0) is 22.6. The van der Waals surface area contributed by atoms with Gasteiger partial charge in [0.2, 0.25) is 0 Å². The maximum Gasteiger partial charge on any atom is 0.128 e. The number of aryl methyl sites for hydroxylation is 3. The van der Waals surface area contributed by atoms with Crippen molar-refractivity contribution in [2.75, 3.05) is 0 Å². The fraction of sp³-hybridized carbons (Fsp3) is 0.429. The van der Waals surface area contributed by atoms with Gasteiger partial charge in [-0.25, -0.2) is 0 Å². The number of hydrogen-bond acceptors (Lipinski definition) is 0. The lowest BCUT2D eigenvalue weighted by Crippen LogP contribution is -2.64. The predicted molar refractivity (Wildman–Crippen MR) is 141 cm³/mol. The van der Waals surface area contributed by atoms with Crippen LogP contribution < -0.4 is 15.6 Å². The zero-order valence-corrected chi connectivity index (χ0v) is 23.0. The molecule has 1 aliphatic rings. The zero-order valence-electron chi connectivity index (χ0n) is 21.0. The molecule has 0 radical (unpaired) electrons. The van der Waals surface area contributed by atoms with Crippen LogP contribution in [0.3, 0.4) is 0 Å². The summed E-state index contributed by atoms with van der Waals surface area (Å²) in [6.07, 6.45) is 2.60. The third-order valence-corrected chi connectivity index (χ3v) is 15.6. The Balaban J connectivity index is 2.43. The van der Waals surface area contributed by atoms with Gasteiger partial charge in [0.25, 0.3) is 0 Å². The summed E-state index contributed by atoms with van der Waals surface area (Å²) < 4.78 is 0. The largest absolute Gasteiger partial charge is 0.128 e. The molecule has 0 bridgehead atoms. The average Bonchev–Trinajstić information content (AvgIpc) is 2.84. The van der Waals surface area contributed by atoms with E-state index in [-0.39, 0.29) is 5.04 Å². The van der Waals surface area contributed by atoms with Gasteiger partial charge in [-0.05, 0) is 47.1 Å². The Labute approximate surface area is 187 Å². The number of benzene rings is 2. The van der Waals surface area contributed by atoms with Crippen LogP contribution in [0.15, 0.2) is 59.2 Å². The first kappa shape index (κ1) is 23.0. The molecule has 2 aromatic carbocycles. The molecule has 0 saturated heterocycles. The molecule has 0 amide bonds. The summed E-state index contributed by atoms with van der Waals surface area (Å²) in [5.41, 5.74) is 8.71. The van der Waals surface area contributed by atoms with Crippen LogP contribution in [-0.2, 0) is 0 Å². The quantitative estimate of drug-likeness (QED) is 0.490. The van der Waals surface area contributed by atoms with Crippen LogP contribution in [0, 0.1) is 20.8 Å². The van der Waals surface area contributed by atoms with Crippen molar-refractivity contribution >= 4 is 31.7 Å². The molecule has 0 nitrogen and oxygen atoms in total. The molecule has 0 saturated carbocycles. The Morgan fingerprint density at radius 3 is 1.80 bits per heavy atom. The van der Waals surface area contributed by atoms with Crippen molar-refractivity contribution < 1.29 is 0 Å². The van der Waals surface area contributed by atoms with Crippen LogP contribution in [0.4, 0.5) is 0 Å². The topological polar surface area (TPSA) is 0 Å². The second-order valence-electron chi connectivity index (χ2n) is 11.1. The first-order valence-electron chi connectivity index (χ1n) is 11.3. The van der Waals surface area contributed by atoms with E-state index >= 15 is 0 Å². The first-order chi connectivity index (χ1) is 13.7. The second kappa shape index (κ2) is 7.49. The molecular formula is C28H40Si2. The van der Waals surface area contributed by atoms with Crippen LogP contribution in [0.5, 0.6) is 0 Å². The van der Waals surface area contributed by atoms with Crippen molar-refractivity contribution in [3.8, 4) is 0 Å². The molecule has 0 aromatic heterocycles. The van der Waals surface area contributed by atoms with Gasteiger partial charge in [0.05, 0.1) is 8.07 Å². The summed E-state index contributed by atoms with van der Waals surface area (Å²) in [7, 11) is -3.57. The van der Waals surface area contributed by atoms with E-state index in [1.54, 1.807) is 21.1 Å². The molecular weight excluding hydrogens is 392 g/mol. The number of rotatable bonds is 4. The second-order valence-corrected chi connectivity index (χ2v) is 20.5. The number of allylic oxidation sites excluding steroid dienone is 4. The third kappa shape index (κ3) is 3.52. The van der Waals surface area contributed by atoms with E-state index in [1.807, 2.05) is 0 Å². The smallest absolute Gasteiger partial charge is 0.0733 e. The van der Waals surface area contributed by atoms with Gasteiger partial charge in [-0.2, -0.15) is 0 Å². The van der Waals surface area contributed by atoms with Gasteiger partial charge in [-0.3, -0.25) is 0 Å². The van der Waals surface area contributed by atoms with E-state index in [0.29, 0.717) is 0 Å². The number of hydrogen-bond donors (Lipinski definition) is 0. The summed E-state index contributed by atoms with van der Waals surface area (Å²) in [6, 6.07) is 14.7. The Bertz CT molecular complexity index is 1060. The highest BCUT2D eigenvalue weighted by Gasteiger charge is 2.52. The maximum atomic E-state index is 2.62. The first-order valence-corrected chi connectivity index (χ1v) is 17.3. The molecule has 0 N–H and O–H groups in total. The van der Waals surface area contributed by atoms with Crippen molar-refractivity contribution in [1.82, 2.24) is 0 Å². The van der Waals surface area contributed by atoms with Crippen LogP contribution in [0.2, 0.25) is 31.2 Å². The molecule has 0 aliphatic heterocycles. The van der Waals surface area contributed by atoms with E-state index in [4.69, 9.17) is 0 Å². The van der Waals surface area contributed by atoms with E-state index < -0.39 is 16.1 Å². The summed E-state index contributed by atoms with van der Waals surface area (Å²) in [5, 5.41) is 4.83. The minimum Gasteiger partial charge on any atom is -0.0733 e. The van der Waals surface area contributed by atoms with Gasteiger partial charge in [-0.15, -0.1) is 0 Å². The summed E-state index contributed by atoms with van der Waals surface area (Å²) in [5.74, 6) is 0. The normalized spacial score (nSPS) is 21.6. The summed E-state index contributed by atoms with van der Waals surface area (Å²) >= 11 is 0. The van der Waals surface area contributed by atoms with Crippen molar-refractivity contribution in [3.63, 3.8) is 0 Å². The molecule has 160 valence electrons. The SMILES string of the molecule is CC1=CC(C)([Si](C)(c2cc(C)cc([Si](C)(C)C)c2)c2ccc(C)cc2C)C(C)=C1C. The fourth-order valence-corrected chi connectivity index (χ4v) is 12.0. The maximum absolute atomic E-state index is 2.62. The van der Waals surface area contributed by atoms with E-state index in [9.17, 15) is 0 Å². The van der Waals surface area contributed by atoms with Gasteiger partial charge in [0.1, 0.15) is 8.07 Å². The van der Waals surface area contributed by atoms with Crippen molar-refractivity contribution in [3.05, 3.63) is 75.9 Å². The monoisotopic (exact) mass is 432 g/mol. The van der Waals surface area contributed by atoms with Crippen LogP contribution >= 0.6 is 0 Å². The van der Waals surface area contributed by atoms with Crippen LogP contribution in [-0.4, -0.2) is 16.1 Å². The molecule has 2 unspecified atom stereocenters. The Kier molecular flexibility index (Phi) is 5.75. The Hall–Kier alpha value is -1.65. The Morgan fingerprint density at radius 2 is 1.30 bits per heavy atom. The molecule has 1 aliphatic carbocycles. The minimum atomic E-state index is -2.16. The van der Waals surface area contributed by atoms with Crippen LogP contribution in [0.25, 0.3) is 0 Å². The molecule has 2 aromatic rings. The molecule has 3 rings (SSSR count). The summed E-state index contributed by atoms with van der Waals surface area (Å²) in [6.45, 7) is 26.4. The van der Waals surface area contributed by atoms with Gasteiger partial charge >= 0.3 is 0 Å². The van der Waals surface area contributed by atoms with Gasteiger partial charge in [0, 0.05) is 5.04 Å². The molecule has 0 heterocycles. The molecule has 2 atom stereocenters. The van der Waals surface area contributed by atoms with Crippen molar-refractivity contribution in [1.29, 1.82) is 0 Å². The third-order valence-electron chi connectivity index (χ3n) is 7.92. The highest BCUT2D eigenvalue weighted by atomic mass is 28.3. The van der Waals surface area contributed by atoms with Gasteiger partial charge < -0.3 is 0 Å². The molecule has 0 fully saturated rings. The lowest BCUT2D eigenvalue weighted by Gasteiger charge is -2.45. The standard InChI is InChI=1S/C28H40Si2/c1-19-12-13-27(21(3)14-19)30(11,28(7)18-22(4)23(5)24(28)6)26-16-20(2)15-25(17-26)29(8,9)10/h12-18H,1-11H3. The molecule has 0 spiro atoms. The lowest BCUT2D eigenvalue weighted by atomic mass is 10.0. The van der Waals surface area contributed by atoms with E-state index in [2.05, 4.69) is 117 Å². The molecule has 2 heteroatoms. The average molecular weight is 433 g/mol. The van der Waals surface area contributed by atoms with Crippen LogP contribution in [0.1, 0.15) is 44.4 Å². The fourth-order valence-electron chi connectivity index (χ4n) is 5.47. The summed E-state index contributed by atoms with van der Waals surface area (Å²) in [4.78, 5) is 0. The van der Waals surface area contributed by atoms with Crippen molar-refractivity contribution in [2.24, 2.45) is 0 Å². The highest BCUT2D eigenvalue weighted by Crippen LogP contribution is 2.53. The predicted octanol–water partition coefficient (Wildman–Crippen LogP) is 6.41. The highest BCUT2D eigenvalue weighted by molar-refractivity contribution is 7.05. The van der Waals surface area contributed by atoms with Gasteiger partial charge in [-0.1, -0.05) is 119 Å². The van der Waals surface area contributed by atoms with Crippen molar-refractivity contribution in [2.45, 2.75) is 79.7 Å². The van der Waals surface area contributed by atoms with Gasteiger partial charge in [0.15, 0.2) is 0 Å². The molecule has 30 heavy (non-hydrogen) atoms. The Morgan fingerprint density at radius 1 is 0.700 bits per heavy atom. The lowest BCUT2D eigenvalue weighted by molar-refractivity contribution is 0.864. The minimum absolute atomic E-state index is 0.0751. The van der Waals surface area contributed by atoms with E-state index in [0.717, 1.165) is 0 Å².